The van der Waals surface area contributed by atoms with Crippen LogP contribution in [0, 0.1) is 11.8 Å². The SMILES string of the molecule is O=S(=O)(Cl)c1c(C(F)F)cnc(F)c1F. The fourth-order valence-corrected chi connectivity index (χ4v) is 2.06. The number of nitrogens with zero attached hydrogens (tertiary/aromatic N) is 1. The van der Waals surface area contributed by atoms with Crippen molar-refractivity contribution in [3.05, 3.63) is 23.5 Å². The molecule has 0 unspecified atom stereocenters. The lowest BCUT2D eigenvalue weighted by atomic mass is 10.3. The number of aromatic nitrogens is 1. The van der Waals surface area contributed by atoms with Crippen LogP contribution in [0.5, 0.6) is 0 Å². The molecule has 0 saturated heterocycles. The molecule has 0 amide bonds. The van der Waals surface area contributed by atoms with Gasteiger partial charge in [0.1, 0.15) is 4.90 Å². The first kappa shape index (κ1) is 12.2. The van der Waals surface area contributed by atoms with Crippen LogP contribution in [0.15, 0.2) is 11.1 Å². The van der Waals surface area contributed by atoms with Gasteiger partial charge in [0.15, 0.2) is 5.82 Å². The predicted molar refractivity (Wildman–Crippen MR) is 42.1 cm³/mol. The van der Waals surface area contributed by atoms with Crippen molar-refractivity contribution in [3.63, 3.8) is 0 Å². The average Bonchev–Trinajstić information content (AvgIpc) is 2.06. The number of halogens is 5. The van der Waals surface area contributed by atoms with Gasteiger partial charge >= 0.3 is 0 Å². The van der Waals surface area contributed by atoms with Crippen molar-refractivity contribution in [1.29, 1.82) is 0 Å². The van der Waals surface area contributed by atoms with Crippen molar-refractivity contribution < 1.29 is 26.0 Å². The minimum atomic E-state index is -4.79. The molecule has 0 saturated carbocycles. The molecule has 0 atom stereocenters. The Labute approximate surface area is 86.1 Å². The molecule has 0 bridgehead atoms. The molecule has 0 aliphatic rings. The van der Waals surface area contributed by atoms with Crippen LogP contribution in [0.2, 0.25) is 0 Å². The van der Waals surface area contributed by atoms with Crippen molar-refractivity contribution in [2.45, 2.75) is 11.3 Å². The molecule has 1 rings (SSSR count). The van der Waals surface area contributed by atoms with Crippen LogP contribution in [-0.4, -0.2) is 13.4 Å². The molecular formula is C6H2ClF4NO2S. The molecule has 1 heterocycles. The summed E-state index contributed by atoms with van der Waals surface area (Å²) in [5.41, 5.74) is -1.27. The highest BCUT2D eigenvalue weighted by Gasteiger charge is 2.29. The molecule has 0 aliphatic heterocycles. The maximum Gasteiger partial charge on any atom is 0.266 e. The Morgan fingerprint density at radius 3 is 2.27 bits per heavy atom. The monoisotopic (exact) mass is 263 g/mol. The van der Waals surface area contributed by atoms with Gasteiger partial charge in [-0.05, 0) is 0 Å². The van der Waals surface area contributed by atoms with E-state index in [9.17, 15) is 26.0 Å². The van der Waals surface area contributed by atoms with Crippen molar-refractivity contribution >= 4 is 19.7 Å². The Bertz CT molecular complexity index is 490. The minimum Gasteiger partial charge on any atom is -0.225 e. The van der Waals surface area contributed by atoms with Crippen LogP contribution in [-0.2, 0) is 9.05 Å². The minimum absolute atomic E-state index is 0.221. The van der Waals surface area contributed by atoms with Crippen LogP contribution in [0.1, 0.15) is 12.0 Å². The fourth-order valence-electron chi connectivity index (χ4n) is 0.865. The topological polar surface area (TPSA) is 47.0 Å². The Kier molecular flexibility index (Phi) is 3.19. The number of hydrogen-bond acceptors (Lipinski definition) is 3. The van der Waals surface area contributed by atoms with E-state index in [2.05, 4.69) is 15.7 Å². The van der Waals surface area contributed by atoms with E-state index in [1.165, 1.54) is 0 Å². The van der Waals surface area contributed by atoms with Crippen LogP contribution in [0.4, 0.5) is 17.6 Å². The van der Waals surface area contributed by atoms with E-state index in [1.54, 1.807) is 0 Å². The molecule has 84 valence electrons. The third kappa shape index (κ3) is 2.37. The zero-order valence-corrected chi connectivity index (χ0v) is 8.29. The summed E-state index contributed by atoms with van der Waals surface area (Å²) in [6, 6.07) is 0. The number of rotatable bonds is 2. The van der Waals surface area contributed by atoms with Gasteiger partial charge in [0.25, 0.3) is 15.5 Å². The molecule has 0 radical (unpaired) electrons. The molecule has 1 aromatic heterocycles. The van der Waals surface area contributed by atoms with Gasteiger partial charge in [-0.15, -0.1) is 0 Å². The lowest BCUT2D eigenvalue weighted by Crippen LogP contribution is -2.06. The molecule has 0 spiro atoms. The molecule has 15 heavy (non-hydrogen) atoms. The Morgan fingerprint density at radius 2 is 1.87 bits per heavy atom. The second kappa shape index (κ2) is 3.93. The normalized spacial score (nSPS) is 12.1. The van der Waals surface area contributed by atoms with Gasteiger partial charge in [-0.1, -0.05) is 0 Å². The third-order valence-electron chi connectivity index (χ3n) is 1.44. The summed E-state index contributed by atoms with van der Waals surface area (Å²) in [7, 11) is -0.105. The summed E-state index contributed by atoms with van der Waals surface area (Å²) in [4.78, 5) is 1.05. The van der Waals surface area contributed by atoms with Crippen LogP contribution in [0.25, 0.3) is 0 Å². The molecule has 0 aliphatic carbocycles. The number of hydrogen-bond donors (Lipinski definition) is 0. The maximum absolute atomic E-state index is 12.9. The van der Waals surface area contributed by atoms with Crippen molar-refractivity contribution in [3.8, 4) is 0 Å². The second-order valence-electron chi connectivity index (χ2n) is 2.39. The first-order valence-electron chi connectivity index (χ1n) is 3.32. The van der Waals surface area contributed by atoms with E-state index in [4.69, 9.17) is 0 Å². The lowest BCUT2D eigenvalue weighted by Gasteiger charge is -2.06. The van der Waals surface area contributed by atoms with Gasteiger partial charge in [0, 0.05) is 16.9 Å². The predicted octanol–water partition coefficient (Wildman–Crippen LogP) is 2.22. The molecule has 0 aromatic carbocycles. The highest BCUT2D eigenvalue weighted by Crippen LogP contribution is 2.30. The standard InChI is InChI=1S/C6H2ClF4NO2S/c7-15(13,14)4-2(5(9)10)1-12-6(11)3(4)8/h1,5H. The van der Waals surface area contributed by atoms with E-state index >= 15 is 0 Å². The van der Waals surface area contributed by atoms with Gasteiger partial charge in [-0.3, -0.25) is 0 Å². The zero-order chi connectivity index (χ0) is 11.8. The first-order chi connectivity index (χ1) is 6.75. The molecule has 0 fully saturated rings. The highest BCUT2D eigenvalue weighted by atomic mass is 35.7. The lowest BCUT2D eigenvalue weighted by molar-refractivity contribution is 0.146. The van der Waals surface area contributed by atoms with Crippen molar-refractivity contribution in [2.75, 3.05) is 0 Å². The maximum atomic E-state index is 12.9. The van der Waals surface area contributed by atoms with E-state index < -0.39 is 37.7 Å². The van der Waals surface area contributed by atoms with Crippen LogP contribution >= 0.6 is 10.7 Å². The van der Waals surface area contributed by atoms with Gasteiger partial charge in [0.05, 0.1) is 5.56 Å². The summed E-state index contributed by atoms with van der Waals surface area (Å²) >= 11 is 0. The second-order valence-corrected chi connectivity index (χ2v) is 4.89. The van der Waals surface area contributed by atoms with Gasteiger partial charge in [-0.2, -0.15) is 4.39 Å². The average molecular weight is 264 g/mol. The molecular weight excluding hydrogens is 262 g/mol. The summed E-state index contributed by atoms with van der Waals surface area (Å²) < 4.78 is 71.3. The summed E-state index contributed by atoms with van der Waals surface area (Å²) in [6.07, 6.45) is -3.10. The van der Waals surface area contributed by atoms with Crippen LogP contribution in [0.3, 0.4) is 0 Å². The van der Waals surface area contributed by atoms with E-state index in [-0.39, 0.29) is 6.20 Å². The quantitative estimate of drug-likeness (QED) is 0.467. The van der Waals surface area contributed by atoms with Gasteiger partial charge < -0.3 is 0 Å². The molecule has 9 heteroatoms. The van der Waals surface area contributed by atoms with E-state index in [0.717, 1.165) is 0 Å². The fraction of sp³-hybridized carbons (Fsp3) is 0.167. The first-order valence-corrected chi connectivity index (χ1v) is 5.62. The van der Waals surface area contributed by atoms with Gasteiger partial charge in [-0.25, -0.2) is 26.6 Å². The smallest absolute Gasteiger partial charge is 0.225 e. The number of alkyl halides is 2. The van der Waals surface area contributed by atoms with Crippen molar-refractivity contribution in [1.82, 2.24) is 4.98 Å². The van der Waals surface area contributed by atoms with Crippen molar-refractivity contribution in [2.24, 2.45) is 0 Å². The van der Waals surface area contributed by atoms with E-state index in [0.29, 0.717) is 0 Å². The molecule has 3 nitrogen and oxygen atoms in total. The Morgan fingerprint density at radius 1 is 1.33 bits per heavy atom. The molecule has 0 N–H and O–H groups in total. The summed E-state index contributed by atoms with van der Waals surface area (Å²) in [5, 5.41) is 0. The summed E-state index contributed by atoms with van der Waals surface area (Å²) in [5.74, 6) is -3.82. The third-order valence-corrected chi connectivity index (χ3v) is 2.80. The molecule has 1 aromatic rings. The largest absolute Gasteiger partial charge is 0.266 e. The van der Waals surface area contributed by atoms with Gasteiger partial charge in [0.2, 0.25) is 5.95 Å². The summed E-state index contributed by atoms with van der Waals surface area (Å²) in [6.45, 7) is 0. The zero-order valence-electron chi connectivity index (χ0n) is 6.72. The Balaban J connectivity index is 3.65. The highest BCUT2D eigenvalue weighted by molar-refractivity contribution is 8.13. The Hall–Kier alpha value is -0.890. The van der Waals surface area contributed by atoms with Crippen LogP contribution < -0.4 is 0 Å². The van der Waals surface area contributed by atoms with E-state index in [1.807, 2.05) is 0 Å². The number of pyridine rings is 1.